The standard InChI is InChI=1S/C14H21BrN2/c1-11-8-16-10-14(2,3)17(9-11)13-7-5-4-6-12(13)15/h4-7,11,16H,8-10H2,1-3H3. The highest BCUT2D eigenvalue weighted by atomic mass is 79.9. The van der Waals surface area contributed by atoms with Crippen molar-refractivity contribution < 1.29 is 0 Å². The molecule has 94 valence electrons. The molecular weight excluding hydrogens is 276 g/mol. The predicted octanol–water partition coefficient (Wildman–Crippen LogP) is 3.27. The van der Waals surface area contributed by atoms with Crippen molar-refractivity contribution in [1.29, 1.82) is 0 Å². The molecule has 1 aromatic rings. The molecule has 1 unspecified atom stereocenters. The molecule has 1 atom stereocenters. The fourth-order valence-corrected chi connectivity index (χ4v) is 2.94. The molecule has 17 heavy (non-hydrogen) atoms. The van der Waals surface area contributed by atoms with E-state index in [0.29, 0.717) is 5.92 Å². The van der Waals surface area contributed by atoms with Crippen LogP contribution in [0.25, 0.3) is 0 Å². The number of hydrogen-bond donors (Lipinski definition) is 1. The maximum atomic E-state index is 3.67. The summed E-state index contributed by atoms with van der Waals surface area (Å²) in [6.45, 7) is 10.1. The molecule has 0 spiro atoms. The van der Waals surface area contributed by atoms with E-state index in [1.54, 1.807) is 0 Å². The van der Waals surface area contributed by atoms with Crippen molar-refractivity contribution in [2.24, 2.45) is 5.92 Å². The highest BCUT2D eigenvalue weighted by Crippen LogP contribution is 2.32. The molecule has 0 bridgehead atoms. The molecule has 2 nitrogen and oxygen atoms in total. The molecule has 1 saturated heterocycles. The lowest BCUT2D eigenvalue weighted by Crippen LogP contribution is -2.49. The van der Waals surface area contributed by atoms with Crippen LogP contribution in [0.5, 0.6) is 0 Å². The van der Waals surface area contributed by atoms with Gasteiger partial charge in [-0.3, -0.25) is 0 Å². The summed E-state index contributed by atoms with van der Waals surface area (Å²) in [5.74, 6) is 0.670. The molecule has 0 aliphatic carbocycles. The number of nitrogens with one attached hydrogen (secondary N) is 1. The van der Waals surface area contributed by atoms with Crippen molar-refractivity contribution in [1.82, 2.24) is 5.32 Å². The number of benzene rings is 1. The summed E-state index contributed by atoms with van der Waals surface area (Å²) in [6.07, 6.45) is 0. The predicted molar refractivity (Wildman–Crippen MR) is 77.6 cm³/mol. The van der Waals surface area contributed by atoms with Crippen molar-refractivity contribution >= 4 is 21.6 Å². The Kier molecular flexibility index (Phi) is 3.79. The fourth-order valence-electron chi connectivity index (χ4n) is 2.44. The van der Waals surface area contributed by atoms with E-state index in [4.69, 9.17) is 0 Å². The van der Waals surface area contributed by atoms with Crippen LogP contribution in [-0.4, -0.2) is 25.2 Å². The van der Waals surface area contributed by atoms with Crippen molar-refractivity contribution in [3.05, 3.63) is 28.7 Å². The number of halogens is 1. The summed E-state index contributed by atoms with van der Waals surface area (Å²) in [5, 5.41) is 3.55. The lowest BCUT2D eigenvalue weighted by Gasteiger charge is -2.40. The van der Waals surface area contributed by atoms with Crippen LogP contribution < -0.4 is 10.2 Å². The normalized spacial score (nSPS) is 24.5. The zero-order valence-corrected chi connectivity index (χ0v) is 12.4. The van der Waals surface area contributed by atoms with Crippen LogP contribution >= 0.6 is 15.9 Å². The summed E-state index contributed by atoms with van der Waals surface area (Å²) in [4.78, 5) is 2.52. The highest BCUT2D eigenvalue weighted by molar-refractivity contribution is 9.10. The van der Waals surface area contributed by atoms with Gasteiger partial charge in [0.25, 0.3) is 0 Å². The minimum Gasteiger partial charge on any atom is -0.364 e. The third kappa shape index (κ3) is 2.83. The molecule has 1 fully saturated rings. The van der Waals surface area contributed by atoms with Gasteiger partial charge in [0.1, 0.15) is 0 Å². The van der Waals surface area contributed by atoms with Gasteiger partial charge in [-0.15, -0.1) is 0 Å². The molecule has 0 radical (unpaired) electrons. The zero-order chi connectivity index (χ0) is 12.5. The summed E-state index contributed by atoms with van der Waals surface area (Å²) in [7, 11) is 0. The number of rotatable bonds is 1. The van der Waals surface area contributed by atoms with Crippen LogP contribution in [-0.2, 0) is 0 Å². The van der Waals surface area contributed by atoms with Crippen LogP contribution in [0.1, 0.15) is 20.8 Å². The number of para-hydroxylation sites is 1. The lowest BCUT2D eigenvalue weighted by molar-refractivity contribution is 0.460. The molecule has 1 aromatic carbocycles. The van der Waals surface area contributed by atoms with Crippen LogP contribution in [0.4, 0.5) is 5.69 Å². The molecule has 0 saturated carbocycles. The minimum atomic E-state index is 0.147. The maximum absolute atomic E-state index is 3.67. The van der Waals surface area contributed by atoms with Gasteiger partial charge in [0, 0.05) is 23.1 Å². The average Bonchev–Trinajstić information content (AvgIpc) is 2.38. The Labute approximate surface area is 113 Å². The molecule has 1 aliphatic heterocycles. The minimum absolute atomic E-state index is 0.147. The zero-order valence-electron chi connectivity index (χ0n) is 10.8. The molecule has 0 amide bonds. The van der Waals surface area contributed by atoms with Crippen molar-refractivity contribution in [3.8, 4) is 0 Å². The van der Waals surface area contributed by atoms with E-state index >= 15 is 0 Å². The second kappa shape index (κ2) is 4.99. The quantitative estimate of drug-likeness (QED) is 0.856. The van der Waals surface area contributed by atoms with Gasteiger partial charge in [0.05, 0.1) is 5.69 Å². The Hall–Kier alpha value is -0.540. The van der Waals surface area contributed by atoms with E-state index in [2.05, 4.69) is 71.2 Å². The average molecular weight is 297 g/mol. The Morgan fingerprint density at radius 2 is 2.06 bits per heavy atom. The number of nitrogens with zero attached hydrogens (tertiary/aromatic N) is 1. The van der Waals surface area contributed by atoms with Crippen molar-refractivity contribution in [2.75, 3.05) is 24.5 Å². The van der Waals surface area contributed by atoms with Gasteiger partial charge in [0.2, 0.25) is 0 Å². The molecule has 3 heteroatoms. The van der Waals surface area contributed by atoms with Gasteiger partial charge in [0.15, 0.2) is 0 Å². The van der Waals surface area contributed by atoms with Crippen LogP contribution in [0.15, 0.2) is 28.7 Å². The van der Waals surface area contributed by atoms with Gasteiger partial charge in [-0.05, 0) is 54.4 Å². The maximum Gasteiger partial charge on any atom is 0.0515 e. The van der Waals surface area contributed by atoms with Gasteiger partial charge in [-0.2, -0.15) is 0 Å². The van der Waals surface area contributed by atoms with E-state index in [0.717, 1.165) is 19.6 Å². The van der Waals surface area contributed by atoms with Gasteiger partial charge >= 0.3 is 0 Å². The number of anilines is 1. The Balaban J connectivity index is 2.36. The highest BCUT2D eigenvalue weighted by Gasteiger charge is 2.31. The van der Waals surface area contributed by atoms with E-state index in [1.807, 2.05) is 0 Å². The van der Waals surface area contributed by atoms with Crippen LogP contribution in [0.2, 0.25) is 0 Å². The molecule has 2 rings (SSSR count). The smallest absolute Gasteiger partial charge is 0.0515 e. The van der Waals surface area contributed by atoms with Gasteiger partial charge < -0.3 is 10.2 Å². The first kappa shape index (κ1) is 12.9. The molecule has 1 heterocycles. The first-order valence-corrected chi connectivity index (χ1v) is 7.03. The van der Waals surface area contributed by atoms with E-state index < -0.39 is 0 Å². The first-order chi connectivity index (χ1) is 8.00. The third-order valence-electron chi connectivity index (χ3n) is 3.42. The second-order valence-corrected chi connectivity index (χ2v) is 6.46. The molecule has 1 N–H and O–H groups in total. The summed E-state index contributed by atoms with van der Waals surface area (Å²) in [6, 6.07) is 8.50. The first-order valence-electron chi connectivity index (χ1n) is 6.23. The Bertz CT molecular complexity index is 390. The summed E-state index contributed by atoms with van der Waals surface area (Å²) < 4.78 is 1.18. The second-order valence-electron chi connectivity index (χ2n) is 5.61. The van der Waals surface area contributed by atoms with Crippen molar-refractivity contribution in [3.63, 3.8) is 0 Å². The monoisotopic (exact) mass is 296 g/mol. The molecular formula is C14H21BrN2. The van der Waals surface area contributed by atoms with E-state index in [1.165, 1.54) is 10.2 Å². The summed E-state index contributed by atoms with van der Waals surface area (Å²) >= 11 is 3.67. The molecule has 1 aliphatic rings. The fraction of sp³-hybridized carbons (Fsp3) is 0.571. The molecule has 0 aromatic heterocycles. The van der Waals surface area contributed by atoms with Crippen LogP contribution in [0.3, 0.4) is 0 Å². The largest absolute Gasteiger partial charge is 0.364 e. The van der Waals surface area contributed by atoms with E-state index in [9.17, 15) is 0 Å². The van der Waals surface area contributed by atoms with E-state index in [-0.39, 0.29) is 5.54 Å². The Morgan fingerprint density at radius 3 is 2.76 bits per heavy atom. The summed E-state index contributed by atoms with van der Waals surface area (Å²) in [5.41, 5.74) is 1.45. The van der Waals surface area contributed by atoms with Crippen LogP contribution in [0, 0.1) is 5.92 Å². The van der Waals surface area contributed by atoms with Crippen molar-refractivity contribution in [2.45, 2.75) is 26.3 Å². The Morgan fingerprint density at radius 1 is 1.35 bits per heavy atom. The van der Waals surface area contributed by atoms with Gasteiger partial charge in [-0.1, -0.05) is 19.1 Å². The van der Waals surface area contributed by atoms with Gasteiger partial charge in [-0.25, -0.2) is 0 Å². The third-order valence-corrected chi connectivity index (χ3v) is 4.09. The topological polar surface area (TPSA) is 15.3 Å². The number of hydrogen-bond acceptors (Lipinski definition) is 2. The lowest BCUT2D eigenvalue weighted by atomic mass is 10.0. The SMILES string of the molecule is CC1CNCC(C)(C)N(c2ccccc2Br)C1.